The predicted octanol–water partition coefficient (Wildman–Crippen LogP) is 1.53. The zero-order valence-electron chi connectivity index (χ0n) is 10.4. The Hall–Kier alpha value is -1.75. The van der Waals surface area contributed by atoms with Gasteiger partial charge in [-0.15, -0.1) is 0 Å². The van der Waals surface area contributed by atoms with Gasteiger partial charge in [0.15, 0.2) is 11.5 Å². The van der Waals surface area contributed by atoms with Crippen molar-refractivity contribution < 1.29 is 19.7 Å². The van der Waals surface area contributed by atoms with Gasteiger partial charge >= 0.3 is 5.97 Å². The van der Waals surface area contributed by atoms with Gasteiger partial charge in [-0.05, 0) is 30.5 Å². The third-order valence-corrected chi connectivity index (χ3v) is 2.55. The molecule has 0 aliphatic heterocycles. The van der Waals surface area contributed by atoms with Gasteiger partial charge in [-0.2, -0.15) is 0 Å². The predicted molar refractivity (Wildman–Crippen MR) is 67.8 cm³/mol. The summed E-state index contributed by atoms with van der Waals surface area (Å²) in [5.41, 5.74) is 6.19. The molecule has 1 rings (SSSR count). The minimum absolute atomic E-state index is 0.0544. The molecule has 0 aliphatic rings. The minimum atomic E-state index is -1.04. The van der Waals surface area contributed by atoms with Crippen molar-refractivity contribution in [1.82, 2.24) is 0 Å². The zero-order valence-corrected chi connectivity index (χ0v) is 10.4. The van der Waals surface area contributed by atoms with Crippen LogP contribution in [0.15, 0.2) is 18.2 Å². The van der Waals surface area contributed by atoms with Crippen LogP contribution in [0.5, 0.6) is 11.5 Å². The molecular weight excluding hydrogens is 234 g/mol. The summed E-state index contributed by atoms with van der Waals surface area (Å²) in [5.74, 6) is -0.617. The Kier molecular flexibility index (Phi) is 5.45. The van der Waals surface area contributed by atoms with Crippen LogP contribution in [-0.4, -0.2) is 28.8 Å². The Morgan fingerprint density at radius 1 is 1.50 bits per heavy atom. The highest BCUT2D eigenvalue weighted by molar-refractivity contribution is 5.73. The Labute approximate surface area is 106 Å². The molecule has 100 valence electrons. The van der Waals surface area contributed by atoms with Crippen LogP contribution < -0.4 is 10.5 Å². The summed E-state index contributed by atoms with van der Waals surface area (Å²) in [4.78, 5) is 10.7. The maximum atomic E-state index is 10.7. The lowest BCUT2D eigenvalue weighted by atomic mass is 10.1. The molecule has 0 amide bonds. The SMILES string of the molecule is CCCCOc1cc(CC(N)C(=O)O)ccc1O. The second-order valence-electron chi connectivity index (χ2n) is 4.15. The van der Waals surface area contributed by atoms with Crippen LogP contribution in [0, 0.1) is 0 Å². The van der Waals surface area contributed by atoms with Crippen LogP contribution >= 0.6 is 0 Å². The number of aromatic hydroxyl groups is 1. The van der Waals surface area contributed by atoms with Crippen molar-refractivity contribution >= 4 is 5.97 Å². The van der Waals surface area contributed by atoms with Gasteiger partial charge in [0.25, 0.3) is 0 Å². The molecule has 1 aromatic rings. The summed E-state index contributed by atoms with van der Waals surface area (Å²) >= 11 is 0. The first-order valence-corrected chi connectivity index (χ1v) is 5.97. The second kappa shape index (κ2) is 6.86. The molecule has 1 atom stereocenters. The molecule has 0 bridgehead atoms. The van der Waals surface area contributed by atoms with Crippen molar-refractivity contribution in [3.8, 4) is 11.5 Å². The monoisotopic (exact) mass is 253 g/mol. The molecule has 0 radical (unpaired) electrons. The minimum Gasteiger partial charge on any atom is -0.504 e. The summed E-state index contributed by atoms with van der Waals surface area (Å²) in [5, 5.41) is 18.3. The van der Waals surface area contributed by atoms with Crippen molar-refractivity contribution in [3.63, 3.8) is 0 Å². The van der Waals surface area contributed by atoms with Crippen LogP contribution in [0.1, 0.15) is 25.3 Å². The molecule has 5 heteroatoms. The van der Waals surface area contributed by atoms with E-state index in [1.54, 1.807) is 12.1 Å². The van der Waals surface area contributed by atoms with Crippen molar-refractivity contribution in [2.24, 2.45) is 5.73 Å². The van der Waals surface area contributed by atoms with E-state index < -0.39 is 12.0 Å². The van der Waals surface area contributed by atoms with Gasteiger partial charge in [0.1, 0.15) is 6.04 Å². The summed E-state index contributed by atoms with van der Waals surface area (Å²) in [6.07, 6.45) is 2.11. The van der Waals surface area contributed by atoms with Gasteiger partial charge < -0.3 is 20.7 Å². The highest BCUT2D eigenvalue weighted by Crippen LogP contribution is 2.27. The quantitative estimate of drug-likeness (QED) is 0.641. The third kappa shape index (κ3) is 4.25. The van der Waals surface area contributed by atoms with Gasteiger partial charge in [-0.25, -0.2) is 0 Å². The topological polar surface area (TPSA) is 92.8 Å². The first-order valence-electron chi connectivity index (χ1n) is 5.97. The molecule has 4 N–H and O–H groups in total. The third-order valence-electron chi connectivity index (χ3n) is 2.55. The number of aliphatic carboxylic acids is 1. The average molecular weight is 253 g/mol. The van der Waals surface area contributed by atoms with E-state index in [0.717, 1.165) is 18.4 Å². The number of hydrogen-bond donors (Lipinski definition) is 3. The number of carboxylic acids is 1. The highest BCUT2D eigenvalue weighted by Gasteiger charge is 2.13. The van der Waals surface area contributed by atoms with Crippen LogP contribution in [-0.2, 0) is 11.2 Å². The summed E-state index contributed by atoms with van der Waals surface area (Å²) in [6, 6.07) is 3.82. The lowest BCUT2D eigenvalue weighted by Gasteiger charge is -2.11. The first kappa shape index (κ1) is 14.3. The smallest absolute Gasteiger partial charge is 0.320 e. The van der Waals surface area contributed by atoms with Crippen molar-refractivity contribution in [2.45, 2.75) is 32.2 Å². The Balaban J connectivity index is 2.70. The summed E-state index contributed by atoms with van der Waals surface area (Å²) < 4.78 is 5.42. The van der Waals surface area contributed by atoms with Gasteiger partial charge in [0, 0.05) is 0 Å². The molecule has 18 heavy (non-hydrogen) atoms. The lowest BCUT2D eigenvalue weighted by Crippen LogP contribution is -2.32. The number of rotatable bonds is 7. The molecule has 1 unspecified atom stereocenters. The van der Waals surface area contributed by atoms with Crippen molar-refractivity contribution in [2.75, 3.05) is 6.61 Å². The average Bonchev–Trinajstić information content (AvgIpc) is 2.33. The molecule has 0 aromatic heterocycles. The molecule has 0 heterocycles. The van der Waals surface area contributed by atoms with E-state index in [0.29, 0.717) is 12.4 Å². The number of carbonyl (C=O) groups is 1. The lowest BCUT2D eigenvalue weighted by molar-refractivity contribution is -0.138. The molecule has 0 saturated carbocycles. The summed E-state index contributed by atoms with van der Waals surface area (Å²) in [6.45, 7) is 2.57. The fourth-order valence-corrected chi connectivity index (χ4v) is 1.47. The van der Waals surface area contributed by atoms with Crippen LogP contribution in [0.25, 0.3) is 0 Å². The van der Waals surface area contributed by atoms with Crippen LogP contribution in [0.2, 0.25) is 0 Å². The van der Waals surface area contributed by atoms with E-state index in [1.807, 2.05) is 6.92 Å². The molecular formula is C13H19NO4. The van der Waals surface area contributed by atoms with E-state index in [1.165, 1.54) is 6.07 Å². The van der Waals surface area contributed by atoms with E-state index in [-0.39, 0.29) is 12.2 Å². The number of unbranched alkanes of at least 4 members (excludes halogenated alkanes) is 1. The van der Waals surface area contributed by atoms with E-state index in [4.69, 9.17) is 15.6 Å². The maximum Gasteiger partial charge on any atom is 0.320 e. The number of benzene rings is 1. The van der Waals surface area contributed by atoms with Gasteiger partial charge in [0.2, 0.25) is 0 Å². The first-order chi connectivity index (χ1) is 8.54. The molecule has 0 spiro atoms. The van der Waals surface area contributed by atoms with Crippen molar-refractivity contribution in [3.05, 3.63) is 23.8 Å². The molecule has 0 fully saturated rings. The van der Waals surface area contributed by atoms with Crippen molar-refractivity contribution in [1.29, 1.82) is 0 Å². The Bertz CT molecular complexity index is 406. The van der Waals surface area contributed by atoms with Gasteiger partial charge in [-0.3, -0.25) is 4.79 Å². The fraction of sp³-hybridized carbons (Fsp3) is 0.462. The highest BCUT2D eigenvalue weighted by atomic mass is 16.5. The molecule has 0 saturated heterocycles. The maximum absolute atomic E-state index is 10.7. The molecule has 0 aliphatic carbocycles. The standard InChI is InChI=1S/C13H19NO4/c1-2-3-6-18-12-8-9(4-5-11(12)15)7-10(14)13(16)17/h4-5,8,10,15H,2-3,6-7,14H2,1H3,(H,16,17). The number of phenolic OH excluding ortho intramolecular Hbond substituents is 1. The largest absolute Gasteiger partial charge is 0.504 e. The second-order valence-corrected chi connectivity index (χ2v) is 4.15. The molecule has 1 aromatic carbocycles. The van der Waals surface area contributed by atoms with E-state index in [9.17, 15) is 9.90 Å². The van der Waals surface area contributed by atoms with Crippen LogP contribution in [0.3, 0.4) is 0 Å². The number of nitrogens with two attached hydrogens (primary N) is 1. The number of ether oxygens (including phenoxy) is 1. The number of hydrogen-bond acceptors (Lipinski definition) is 4. The number of carboxylic acid groups (broad SMARTS) is 1. The van der Waals surface area contributed by atoms with Gasteiger partial charge in [-0.1, -0.05) is 19.4 Å². The Morgan fingerprint density at radius 3 is 2.83 bits per heavy atom. The van der Waals surface area contributed by atoms with Gasteiger partial charge in [0.05, 0.1) is 6.61 Å². The normalized spacial score (nSPS) is 12.1. The van der Waals surface area contributed by atoms with E-state index in [2.05, 4.69) is 0 Å². The number of phenols is 1. The Morgan fingerprint density at radius 2 is 2.22 bits per heavy atom. The summed E-state index contributed by atoms with van der Waals surface area (Å²) in [7, 11) is 0. The zero-order chi connectivity index (χ0) is 13.5. The molecule has 5 nitrogen and oxygen atoms in total. The van der Waals surface area contributed by atoms with E-state index >= 15 is 0 Å². The van der Waals surface area contributed by atoms with Crippen LogP contribution in [0.4, 0.5) is 0 Å². The fourth-order valence-electron chi connectivity index (χ4n) is 1.47.